The quantitative estimate of drug-likeness (QED) is 0.568. The third-order valence-corrected chi connectivity index (χ3v) is 4.69. The topological polar surface area (TPSA) is 69.1 Å². The first kappa shape index (κ1) is 17.4. The molecule has 4 heterocycles. The predicted octanol–water partition coefficient (Wildman–Crippen LogP) is 4.57. The van der Waals surface area contributed by atoms with E-state index in [9.17, 15) is 0 Å². The van der Waals surface area contributed by atoms with Gasteiger partial charge in [0.15, 0.2) is 5.82 Å². The SMILES string of the molecule is CCCC(N)c1cccc(-c2ccc3cnc(-c4cccc(C)n4)n3c2)n1. The van der Waals surface area contributed by atoms with Crippen LogP contribution >= 0.6 is 0 Å². The number of imidazole rings is 1. The fraction of sp³-hybridized carbons (Fsp3) is 0.227. The van der Waals surface area contributed by atoms with E-state index < -0.39 is 0 Å². The molecule has 4 rings (SSSR count). The maximum atomic E-state index is 6.25. The summed E-state index contributed by atoms with van der Waals surface area (Å²) in [4.78, 5) is 14.0. The van der Waals surface area contributed by atoms with Crippen molar-refractivity contribution in [1.29, 1.82) is 0 Å². The van der Waals surface area contributed by atoms with Crippen LogP contribution in [0.3, 0.4) is 0 Å². The van der Waals surface area contributed by atoms with Crippen LogP contribution < -0.4 is 5.73 Å². The smallest absolute Gasteiger partial charge is 0.163 e. The molecule has 0 saturated carbocycles. The summed E-state index contributed by atoms with van der Waals surface area (Å²) in [6, 6.07) is 16.1. The van der Waals surface area contributed by atoms with Gasteiger partial charge in [0.25, 0.3) is 0 Å². The van der Waals surface area contributed by atoms with Gasteiger partial charge in [-0.05, 0) is 49.7 Å². The van der Waals surface area contributed by atoms with Gasteiger partial charge in [0.2, 0.25) is 0 Å². The first-order chi connectivity index (χ1) is 13.2. The number of fused-ring (bicyclic) bond motifs is 1. The van der Waals surface area contributed by atoms with Gasteiger partial charge in [0.05, 0.1) is 23.1 Å². The van der Waals surface area contributed by atoms with Gasteiger partial charge in [-0.25, -0.2) is 9.97 Å². The Kier molecular flexibility index (Phi) is 4.69. The Balaban J connectivity index is 1.78. The summed E-state index contributed by atoms with van der Waals surface area (Å²) >= 11 is 0. The van der Waals surface area contributed by atoms with E-state index in [1.54, 1.807) is 0 Å². The molecule has 0 spiro atoms. The maximum Gasteiger partial charge on any atom is 0.163 e. The molecule has 5 nitrogen and oxygen atoms in total. The molecule has 0 aliphatic carbocycles. The summed E-state index contributed by atoms with van der Waals surface area (Å²) in [6.07, 6.45) is 5.91. The zero-order valence-electron chi connectivity index (χ0n) is 15.6. The van der Waals surface area contributed by atoms with Gasteiger partial charge in [0, 0.05) is 23.5 Å². The van der Waals surface area contributed by atoms with Gasteiger partial charge in [-0.3, -0.25) is 9.38 Å². The Morgan fingerprint density at radius 3 is 2.63 bits per heavy atom. The standard InChI is InChI=1S/C22H23N5/c1-3-6-18(23)20-9-5-8-19(26-20)16-11-12-17-13-24-22(27(17)14-16)21-10-4-7-15(2)25-21/h4-5,7-14,18H,3,6,23H2,1-2H3. The fourth-order valence-electron chi connectivity index (χ4n) is 3.28. The number of pyridine rings is 3. The second-order valence-electron chi connectivity index (χ2n) is 6.80. The summed E-state index contributed by atoms with van der Waals surface area (Å²) in [6.45, 7) is 4.12. The van der Waals surface area contributed by atoms with Crippen LogP contribution in [0.4, 0.5) is 0 Å². The molecule has 1 atom stereocenters. The van der Waals surface area contributed by atoms with Crippen molar-refractivity contribution in [2.24, 2.45) is 5.73 Å². The lowest BCUT2D eigenvalue weighted by Crippen LogP contribution is -2.11. The Bertz CT molecular complexity index is 1080. The van der Waals surface area contributed by atoms with Gasteiger partial charge in [-0.1, -0.05) is 25.5 Å². The van der Waals surface area contributed by atoms with Crippen molar-refractivity contribution in [2.45, 2.75) is 32.7 Å². The van der Waals surface area contributed by atoms with E-state index in [1.165, 1.54) is 0 Å². The van der Waals surface area contributed by atoms with Gasteiger partial charge < -0.3 is 5.73 Å². The van der Waals surface area contributed by atoms with E-state index in [0.29, 0.717) is 0 Å². The average molecular weight is 357 g/mol. The number of hydrogen-bond donors (Lipinski definition) is 1. The predicted molar refractivity (Wildman–Crippen MR) is 108 cm³/mol. The average Bonchev–Trinajstić information content (AvgIpc) is 3.11. The van der Waals surface area contributed by atoms with Gasteiger partial charge >= 0.3 is 0 Å². The van der Waals surface area contributed by atoms with Crippen LogP contribution in [0.2, 0.25) is 0 Å². The molecule has 5 heteroatoms. The van der Waals surface area contributed by atoms with E-state index in [2.05, 4.69) is 39.6 Å². The Morgan fingerprint density at radius 1 is 1.00 bits per heavy atom. The third-order valence-electron chi connectivity index (χ3n) is 4.69. The molecule has 0 aromatic carbocycles. The molecule has 27 heavy (non-hydrogen) atoms. The lowest BCUT2D eigenvalue weighted by atomic mass is 10.1. The number of hydrogen-bond acceptors (Lipinski definition) is 4. The van der Waals surface area contributed by atoms with Gasteiger partial charge in [0.1, 0.15) is 5.69 Å². The molecule has 0 fully saturated rings. The number of aromatic nitrogens is 4. The highest BCUT2D eigenvalue weighted by atomic mass is 15.0. The van der Waals surface area contributed by atoms with Crippen molar-refractivity contribution < 1.29 is 0 Å². The minimum absolute atomic E-state index is 0.0287. The molecular formula is C22H23N5. The molecule has 1 unspecified atom stereocenters. The second-order valence-corrected chi connectivity index (χ2v) is 6.80. The van der Waals surface area contributed by atoms with Crippen LogP contribution in [-0.2, 0) is 0 Å². The van der Waals surface area contributed by atoms with E-state index in [1.807, 2.05) is 49.5 Å². The van der Waals surface area contributed by atoms with Crippen LogP contribution in [0.25, 0.3) is 28.3 Å². The largest absolute Gasteiger partial charge is 0.323 e. The van der Waals surface area contributed by atoms with Crippen molar-refractivity contribution in [3.63, 3.8) is 0 Å². The summed E-state index contributed by atoms with van der Waals surface area (Å²) in [5.74, 6) is 0.828. The van der Waals surface area contributed by atoms with Crippen LogP contribution in [0.1, 0.15) is 37.2 Å². The second kappa shape index (κ2) is 7.29. The Hall–Kier alpha value is -3.05. The van der Waals surface area contributed by atoms with E-state index in [4.69, 9.17) is 10.7 Å². The monoisotopic (exact) mass is 357 g/mol. The number of nitrogens with two attached hydrogens (primary N) is 1. The number of aryl methyl sites for hydroxylation is 1. The van der Waals surface area contributed by atoms with Crippen LogP contribution in [0, 0.1) is 6.92 Å². The molecule has 0 bridgehead atoms. The molecule has 4 aromatic rings. The summed E-state index contributed by atoms with van der Waals surface area (Å²) < 4.78 is 2.07. The minimum Gasteiger partial charge on any atom is -0.323 e. The normalized spacial score (nSPS) is 12.4. The molecule has 0 aliphatic heterocycles. The zero-order valence-corrected chi connectivity index (χ0v) is 15.6. The molecule has 0 saturated heterocycles. The minimum atomic E-state index is -0.0287. The third kappa shape index (κ3) is 3.46. The first-order valence-corrected chi connectivity index (χ1v) is 9.30. The number of rotatable bonds is 5. The summed E-state index contributed by atoms with van der Waals surface area (Å²) in [5, 5.41) is 0. The van der Waals surface area contributed by atoms with Gasteiger partial charge in [-0.15, -0.1) is 0 Å². The summed E-state index contributed by atoms with van der Waals surface area (Å²) in [7, 11) is 0. The molecule has 2 N–H and O–H groups in total. The molecule has 0 radical (unpaired) electrons. The number of nitrogens with zero attached hydrogens (tertiary/aromatic N) is 4. The molecule has 136 valence electrons. The lowest BCUT2D eigenvalue weighted by Gasteiger charge is -2.11. The summed E-state index contributed by atoms with van der Waals surface area (Å²) in [5.41, 5.74) is 12.0. The van der Waals surface area contributed by atoms with Crippen LogP contribution in [0.15, 0.2) is 60.9 Å². The Labute approximate surface area is 158 Å². The van der Waals surface area contributed by atoms with Crippen LogP contribution in [-0.4, -0.2) is 19.4 Å². The lowest BCUT2D eigenvalue weighted by molar-refractivity contribution is 0.622. The molecule has 0 amide bonds. The first-order valence-electron chi connectivity index (χ1n) is 9.30. The fourth-order valence-corrected chi connectivity index (χ4v) is 3.28. The van der Waals surface area contributed by atoms with Crippen molar-refractivity contribution in [2.75, 3.05) is 0 Å². The Morgan fingerprint density at radius 2 is 1.81 bits per heavy atom. The van der Waals surface area contributed by atoms with E-state index >= 15 is 0 Å². The molecule has 0 aliphatic rings. The van der Waals surface area contributed by atoms with Crippen molar-refractivity contribution >= 4 is 5.52 Å². The van der Waals surface area contributed by atoms with Crippen molar-refractivity contribution in [1.82, 2.24) is 19.4 Å². The molecular weight excluding hydrogens is 334 g/mol. The molecule has 4 aromatic heterocycles. The maximum absolute atomic E-state index is 6.25. The highest BCUT2D eigenvalue weighted by Gasteiger charge is 2.11. The van der Waals surface area contributed by atoms with Crippen LogP contribution in [0.5, 0.6) is 0 Å². The van der Waals surface area contributed by atoms with E-state index in [-0.39, 0.29) is 6.04 Å². The van der Waals surface area contributed by atoms with Gasteiger partial charge in [-0.2, -0.15) is 0 Å². The van der Waals surface area contributed by atoms with E-state index in [0.717, 1.165) is 52.5 Å². The van der Waals surface area contributed by atoms with Crippen molar-refractivity contribution in [3.8, 4) is 22.8 Å². The highest BCUT2D eigenvalue weighted by Crippen LogP contribution is 2.24. The zero-order chi connectivity index (χ0) is 18.8. The highest BCUT2D eigenvalue weighted by molar-refractivity contribution is 5.66. The van der Waals surface area contributed by atoms with Crippen molar-refractivity contribution in [3.05, 3.63) is 72.3 Å².